The van der Waals surface area contributed by atoms with Gasteiger partial charge in [-0.05, 0) is 59.7 Å². The molecule has 0 aliphatic rings. The van der Waals surface area contributed by atoms with Crippen molar-refractivity contribution in [3.8, 4) is 23.0 Å². The maximum absolute atomic E-state index is 12.9. The summed E-state index contributed by atoms with van der Waals surface area (Å²) in [6.45, 7) is 0. The number of phenols is 1. The van der Waals surface area contributed by atoms with Gasteiger partial charge in [-0.1, -0.05) is 24.3 Å². The average molecular weight is 476 g/mol. The summed E-state index contributed by atoms with van der Waals surface area (Å²) in [5, 5.41) is 16.4. The lowest BCUT2D eigenvalue weighted by molar-refractivity contribution is -0.117. The van der Waals surface area contributed by atoms with Crippen molar-refractivity contribution in [2.45, 2.75) is 0 Å². The Kier molecular flexibility index (Phi) is 8.44. The quantitative estimate of drug-likeness (QED) is 0.248. The molecule has 0 radical (unpaired) electrons. The molecule has 180 valence electrons. The molecule has 3 rings (SSSR count). The van der Waals surface area contributed by atoms with Gasteiger partial charge in [0.05, 0.1) is 27.5 Å². The highest BCUT2D eigenvalue weighted by Crippen LogP contribution is 2.28. The van der Waals surface area contributed by atoms with Crippen LogP contribution in [-0.4, -0.2) is 44.5 Å². The number of benzene rings is 3. The summed E-state index contributed by atoms with van der Waals surface area (Å²) >= 11 is 0. The maximum Gasteiger partial charge on any atom is 0.287 e. The largest absolute Gasteiger partial charge is 0.504 e. The molecule has 35 heavy (non-hydrogen) atoms. The molecule has 0 bridgehead atoms. The zero-order chi connectivity index (χ0) is 25.2. The van der Waals surface area contributed by atoms with Gasteiger partial charge in [-0.2, -0.15) is 5.10 Å². The summed E-state index contributed by atoms with van der Waals surface area (Å²) in [6.07, 6.45) is 2.84. The molecule has 0 saturated carbocycles. The summed E-state index contributed by atoms with van der Waals surface area (Å²) in [6, 6.07) is 18.2. The van der Waals surface area contributed by atoms with Gasteiger partial charge in [0, 0.05) is 5.56 Å². The highest BCUT2D eigenvalue weighted by Gasteiger charge is 2.15. The molecule has 3 aromatic carbocycles. The Balaban J connectivity index is 1.85. The van der Waals surface area contributed by atoms with Crippen LogP contribution >= 0.6 is 0 Å². The minimum atomic E-state index is -0.655. The van der Waals surface area contributed by atoms with Crippen LogP contribution in [0.1, 0.15) is 21.5 Å². The summed E-state index contributed by atoms with van der Waals surface area (Å²) in [5.74, 6) is 0.125. The predicted molar refractivity (Wildman–Crippen MR) is 132 cm³/mol. The molecular weight excluding hydrogens is 450 g/mol. The summed E-state index contributed by atoms with van der Waals surface area (Å²) in [4.78, 5) is 25.6. The van der Waals surface area contributed by atoms with Gasteiger partial charge in [0.1, 0.15) is 5.70 Å². The Hall–Kier alpha value is -4.79. The number of amides is 2. The standard InChI is InChI=1S/C26H25N3O6/c1-33-22-11-10-18(14-21(22)30)16-27-29-26(32)20(28-25(31)19-7-5-4-6-8-19)13-17-9-12-23(34-2)24(15-17)35-3/h4-16,30H,1-3H3,(H,28,31)(H,29,32)/b20-13+,27-16+. The summed E-state index contributed by atoms with van der Waals surface area (Å²) in [5.41, 5.74) is 3.85. The number of nitrogens with one attached hydrogen (secondary N) is 2. The number of aromatic hydroxyl groups is 1. The molecule has 0 spiro atoms. The number of hydrogen-bond donors (Lipinski definition) is 3. The monoisotopic (exact) mass is 475 g/mol. The lowest BCUT2D eigenvalue weighted by Gasteiger charge is -2.11. The highest BCUT2D eigenvalue weighted by molar-refractivity contribution is 6.05. The molecule has 3 aromatic rings. The first kappa shape index (κ1) is 24.8. The minimum absolute atomic E-state index is 0.0409. The van der Waals surface area contributed by atoms with E-state index in [1.54, 1.807) is 60.7 Å². The summed E-state index contributed by atoms with van der Waals surface area (Å²) < 4.78 is 15.6. The molecule has 2 amide bonds. The van der Waals surface area contributed by atoms with Gasteiger partial charge in [0.25, 0.3) is 11.8 Å². The number of nitrogens with zero attached hydrogens (tertiary/aromatic N) is 1. The van der Waals surface area contributed by atoms with E-state index in [2.05, 4.69) is 15.8 Å². The van der Waals surface area contributed by atoms with Gasteiger partial charge in [-0.25, -0.2) is 5.43 Å². The fourth-order valence-corrected chi connectivity index (χ4v) is 3.06. The summed E-state index contributed by atoms with van der Waals surface area (Å²) in [7, 11) is 4.47. The second kappa shape index (κ2) is 11.9. The molecule has 0 atom stereocenters. The number of methoxy groups -OCH3 is 3. The van der Waals surface area contributed by atoms with E-state index < -0.39 is 11.8 Å². The first-order valence-corrected chi connectivity index (χ1v) is 10.5. The second-order valence-corrected chi connectivity index (χ2v) is 7.12. The van der Waals surface area contributed by atoms with Crippen molar-refractivity contribution in [2.24, 2.45) is 5.10 Å². The van der Waals surface area contributed by atoms with Crippen LogP contribution in [0.2, 0.25) is 0 Å². The minimum Gasteiger partial charge on any atom is -0.504 e. The predicted octanol–water partition coefficient (Wildman–Crippen LogP) is 3.34. The number of carbonyl (C=O) groups excluding carboxylic acids is 2. The van der Waals surface area contributed by atoms with Gasteiger partial charge >= 0.3 is 0 Å². The third-order valence-corrected chi connectivity index (χ3v) is 4.83. The maximum atomic E-state index is 12.9. The van der Waals surface area contributed by atoms with E-state index >= 15 is 0 Å². The topological polar surface area (TPSA) is 118 Å². The van der Waals surface area contributed by atoms with Crippen LogP contribution in [-0.2, 0) is 4.79 Å². The molecular formula is C26H25N3O6. The fraction of sp³-hybridized carbons (Fsp3) is 0.115. The Morgan fingerprint density at radius 2 is 1.49 bits per heavy atom. The van der Waals surface area contributed by atoms with Crippen LogP contribution < -0.4 is 25.0 Å². The first-order valence-electron chi connectivity index (χ1n) is 10.5. The fourth-order valence-electron chi connectivity index (χ4n) is 3.06. The molecule has 0 aliphatic heterocycles. The molecule has 0 aliphatic carbocycles. The van der Waals surface area contributed by atoms with Crippen molar-refractivity contribution < 1.29 is 28.9 Å². The van der Waals surface area contributed by atoms with E-state index in [1.807, 2.05) is 0 Å². The molecule has 9 nitrogen and oxygen atoms in total. The van der Waals surface area contributed by atoms with Crippen molar-refractivity contribution in [1.82, 2.24) is 10.7 Å². The van der Waals surface area contributed by atoms with Crippen molar-refractivity contribution in [1.29, 1.82) is 0 Å². The van der Waals surface area contributed by atoms with Crippen molar-refractivity contribution >= 4 is 24.1 Å². The number of hydrogen-bond acceptors (Lipinski definition) is 7. The van der Waals surface area contributed by atoms with E-state index in [0.717, 1.165) is 0 Å². The van der Waals surface area contributed by atoms with E-state index in [1.165, 1.54) is 39.7 Å². The Morgan fingerprint density at radius 3 is 2.14 bits per heavy atom. The molecule has 0 aromatic heterocycles. The zero-order valence-electron chi connectivity index (χ0n) is 19.4. The van der Waals surface area contributed by atoms with Crippen LogP contribution in [0.4, 0.5) is 0 Å². The van der Waals surface area contributed by atoms with Gasteiger partial charge in [-0.15, -0.1) is 0 Å². The molecule has 0 unspecified atom stereocenters. The number of phenolic OH excluding ortho intramolecular Hbond substituents is 1. The van der Waals surface area contributed by atoms with Crippen LogP contribution in [0, 0.1) is 0 Å². The molecule has 0 saturated heterocycles. The van der Waals surface area contributed by atoms with E-state index in [-0.39, 0.29) is 11.4 Å². The zero-order valence-corrected chi connectivity index (χ0v) is 19.4. The smallest absolute Gasteiger partial charge is 0.287 e. The van der Waals surface area contributed by atoms with Crippen molar-refractivity contribution in [3.63, 3.8) is 0 Å². The number of hydrazone groups is 1. The SMILES string of the molecule is COc1ccc(/C=N/NC(=O)/C(=C\c2ccc(OC)c(OC)c2)NC(=O)c2ccccc2)cc1O. The van der Waals surface area contributed by atoms with Gasteiger partial charge in [0.15, 0.2) is 23.0 Å². The van der Waals surface area contributed by atoms with Crippen LogP contribution in [0.3, 0.4) is 0 Å². The molecule has 9 heteroatoms. The number of rotatable bonds is 9. The van der Waals surface area contributed by atoms with E-state index in [0.29, 0.717) is 33.9 Å². The Labute approximate surface area is 202 Å². The van der Waals surface area contributed by atoms with E-state index in [4.69, 9.17) is 14.2 Å². The van der Waals surface area contributed by atoms with E-state index in [9.17, 15) is 14.7 Å². The third-order valence-electron chi connectivity index (χ3n) is 4.83. The van der Waals surface area contributed by atoms with Gasteiger partial charge in [-0.3, -0.25) is 9.59 Å². The van der Waals surface area contributed by atoms with Crippen molar-refractivity contribution in [3.05, 3.63) is 89.1 Å². The second-order valence-electron chi connectivity index (χ2n) is 7.12. The lowest BCUT2D eigenvalue weighted by Crippen LogP contribution is -2.32. The first-order chi connectivity index (χ1) is 16.9. The Morgan fingerprint density at radius 1 is 0.829 bits per heavy atom. The number of carbonyl (C=O) groups is 2. The van der Waals surface area contributed by atoms with Gasteiger partial charge in [0.2, 0.25) is 0 Å². The molecule has 0 fully saturated rings. The molecule has 0 heterocycles. The van der Waals surface area contributed by atoms with Crippen LogP contribution in [0.5, 0.6) is 23.0 Å². The lowest BCUT2D eigenvalue weighted by atomic mass is 10.1. The number of ether oxygens (including phenoxy) is 3. The molecule has 3 N–H and O–H groups in total. The van der Waals surface area contributed by atoms with Crippen molar-refractivity contribution in [2.75, 3.05) is 21.3 Å². The van der Waals surface area contributed by atoms with Crippen LogP contribution in [0.15, 0.2) is 77.5 Å². The Bertz CT molecular complexity index is 1260. The normalized spacial score (nSPS) is 11.1. The van der Waals surface area contributed by atoms with Crippen LogP contribution in [0.25, 0.3) is 6.08 Å². The average Bonchev–Trinajstić information content (AvgIpc) is 2.88. The van der Waals surface area contributed by atoms with Gasteiger partial charge < -0.3 is 24.6 Å². The highest BCUT2D eigenvalue weighted by atomic mass is 16.5. The third kappa shape index (κ3) is 6.61.